The standard InChI is InChI=1S/C70H130O5/c1-3-5-7-9-11-13-15-17-19-21-23-25-27-29-31-33-35-37-39-41-43-45-47-49-51-53-55-57-59-61-63-65-70(73)75-68(66-71)67-74-69(72)64-62-60-58-56-54-52-50-48-46-44-42-40-38-36-34-32-30-28-26-24-22-20-18-16-14-12-10-8-6-4-2/h5,7,11,13,17,19,23,25,68,71H,3-4,6,8-10,12,14-16,18,20-22,24,26-67H2,1-2H3/b7-5-,13-11-,19-17-,25-23-. The summed E-state index contributed by atoms with van der Waals surface area (Å²) in [5, 5.41) is 9.69. The minimum absolute atomic E-state index is 0.0599. The zero-order valence-corrected chi connectivity index (χ0v) is 50.6. The molecule has 0 fully saturated rings. The molecule has 0 aromatic rings. The highest BCUT2D eigenvalue weighted by atomic mass is 16.6. The van der Waals surface area contributed by atoms with Gasteiger partial charge in [0.25, 0.3) is 0 Å². The second-order valence-corrected chi connectivity index (χ2v) is 22.9. The lowest BCUT2D eigenvalue weighted by Crippen LogP contribution is -2.28. The molecule has 0 aromatic carbocycles. The van der Waals surface area contributed by atoms with E-state index in [9.17, 15) is 14.7 Å². The van der Waals surface area contributed by atoms with Crippen LogP contribution in [0, 0.1) is 0 Å². The van der Waals surface area contributed by atoms with E-state index >= 15 is 0 Å². The molecule has 0 aliphatic carbocycles. The molecule has 440 valence electrons. The summed E-state index contributed by atoms with van der Waals surface area (Å²) in [5.41, 5.74) is 0. The quantitative estimate of drug-likeness (QED) is 0.0373. The summed E-state index contributed by atoms with van der Waals surface area (Å²) in [6.07, 6.45) is 88.6. The molecule has 0 heterocycles. The van der Waals surface area contributed by atoms with E-state index in [0.717, 1.165) is 57.8 Å². The molecule has 0 aromatic heterocycles. The van der Waals surface area contributed by atoms with Gasteiger partial charge in [0.1, 0.15) is 6.61 Å². The lowest BCUT2D eigenvalue weighted by atomic mass is 10.0. The Kier molecular flexibility index (Phi) is 64.3. The summed E-state index contributed by atoms with van der Waals surface area (Å²) >= 11 is 0. The van der Waals surface area contributed by atoms with Gasteiger partial charge in [-0.2, -0.15) is 0 Å². The first-order valence-corrected chi connectivity index (χ1v) is 33.7. The van der Waals surface area contributed by atoms with Crippen molar-refractivity contribution in [2.24, 2.45) is 0 Å². The maximum absolute atomic E-state index is 12.4. The van der Waals surface area contributed by atoms with Gasteiger partial charge in [0.2, 0.25) is 0 Å². The normalized spacial score (nSPS) is 12.4. The molecule has 0 aliphatic rings. The van der Waals surface area contributed by atoms with E-state index in [1.54, 1.807) is 0 Å². The Hall–Kier alpha value is -2.14. The Bertz CT molecular complexity index is 1230. The van der Waals surface area contributed by atoms with Gasteiger partial charge in [-0.3, -0.25) is 9.59 Å². The predicted molar refractivity (Wildman–Crippen MR) is 330 cm³/mol. The monoisotopic (exact) mass is 1050 g/mol. The lowest BCUT2D eigenvalue weighted by molar-refractivity contribution is -0.161. The van der Waals surface area contributed by atoms with Crippen molar-refractivity contribution in [1.29, 1.82) is 0 Å². The molecule has 0 saturated heterocycles. The van der Waals surface area contributed by atoms with Crippen LogP contribution in [0.1, 0.15) is 367 Å². The van der Waals surface area contributed by atoms with Crippen molar-refractivity contribution >= 4 is 11.9 Å². The average Bonchev–Trinajstić information content (AvgIpc) is 3.41. The van der Waals surface area contributed by atoms with E-state index < -0.39 is 6.10 Å². The second-order valence-electron chi connectivity index (χ2n) is 22.9. The summed E-state index contributed by atoms with van der Waals surface area (Å²) < 4.78 is 10.8. The number of esters is 2. The molecular weight excluding hydrogens is 921 g/mol. The summed E-state index contributed by atoms with van der Waals surface area (Å²) in [5.74, 6) is -0.568. The topological polar surface area (TPSA) is 72.8 Å². The van der Waals surface area contributed by atoms with Crippen LogP contribution in [-0.4, -0.2) is 36.4 Å². The Morgan fingerprint density at radius 2 is 0.573 bits per heavy atom. The number of hydrogen-bond donors (Lipinski definition) is 1. The first-order chi connectivity index (χ1) is 37.1. The number of aliphatic hydroxyl groups is 1. The van der Waals surface area contributed by atoms with Gasteiger partial charge >= 0.3 is 11.9 Å². The van der Waals surface area contributed by atoms with Crippen molar-refractivity contribution < 1.29 is 24.2 Å². The molecule has 0 bridgehead atoms. The third-order valence-electron chi connectivity index (χ3n) is 15.4. The minimum atomic E-state index is -0.770. The van der Waals surface area contributed by atoms with Gasteiger partial charge in [-0.25, -0.2) is 0 Å². The van der Waals surface area contributed by atoms with Crippen LogP contribution in [0.5, 0.6) is 0 Å². The van der Waals surface area contributed by atoms with E-state index in [4.69, 9.17) is 9.47 Å². The highest BCUT2D eigenvalue weighted by Gasteiger charge is 2.16. The van der Waals surface area contributed by atoms with E-state index in [1.165, 1.54) is 283 Å². The summed E-state index contributed by atoms with van der Waals surface area (Å²) in [6, 6.07) is 0. The molecule has 1 unspecified atom stereocenters. The minimum Gasteiger partial charge on any atom is -0.462 e. The Balaban J connectivity index is 3.39. The van der Waals surface area contributed by atoms with E-state index in [2.05, 4.69) is 62.5 Å². The van der Waals surface area contributed by atoms with Gasteiger partial charge in [0, 0.05) is 12.8 Å². The average molecular weight is 1050 g/mol. The van der Waals surface area contributed by atoms with Crippen molar-refractivity contribution in [2.45, 2.75) is 373 Å². The van der Waals surface area contributed by atoms with Crippen LogP contribution in [0.2, 0.25) is 0 Å². The number of ether oxygens (including phenoxy) is 2. The van der Waals surface area contributed by atoms with Gasteiger partial charge in [0.15, 0.2) is 6.10 Å². The molecule has 75 heavy (non-hydrogen) atoms. The molecule has 0 saturated carbocycles. The van der Waals surface area contributed by atoms with Crippen LogP contribution >= 0.6 is 0 Å². The first kappa shape index (κ1) is 72.9. The Morgan fingerprint density at radius 3 is 0.867 bits per heavy atom. The van der Waals surface area contributed by atoms with Crippen LogP contribution in [-0.2, 0) is 19.1 Å². The number of carbonyl (C=O) groups excluding carboxylic acids is 2. The highest BCUT2D eigenvalue weighted by Crippen LogP contribution is 2.19. The molecule has 1 atom stereocenters. The molecular formula is C70H130O5. The number of aliphatic hydroxyl groups excluding tert-OH is 1. The summed E-state index contributed by atoms with van der Waals surface area (Å²) in [6.45, 7) is 4.09. The Morgan fingerprint density at radius 1 is 0.320 bits per heavy atom. The fraction of sp³-hybridized carbons (Fsp3) is 0.857. The molecule has 0 amide bonds. The van der Waals surface area contributed by atoms with Gasteiger partial charge < -0.3 is 14.6 Å². The van der Waals surface area contributed by atoms with Crippen LogP contribution in [0.3, 0.4) is 0 Å². The van der Waals surface area contributed by atoms with Gasteiger partial charge in [-0.1, -0.05) is 351 Å². The number of hydrogen-bond acceptors (Lipinski definition) is 5. The molecule has 0 rings (SSSR count). The smallest absolute Gasteiger partial charge is 0.306 e. The SMILES string of the molecule is CC/C=C\C/C=C\C/C=C\C/C=C\CCCCCCCCCCCCCCCCCCCCC(=O)OC(CO)COC(=O)CCCCCCCCCCCCCCCCCCCCCCCCCCCCCCCC. The van der Waals surface area contributed by atoms with Crippen molar-refractivity contribution in [1.82, 2.24) is 0 Å². The fourth-order valence-corrected chi connectivity index (χ4v) is 10.4. The van der Waals surface area contributed by atoms with E-state index in [-0.39, 0.29) is 25.2 Å². The Labute approximate surface area is 469 Å². The van der Waals surface area contributed by atoms with Crippen LogP contribution in [0.4, 0.5) is 0 Å². The molecule has 5 heteroatoms. The maximum atomic E-state index is 12.4. The summed E-state index contributed by atoms with van der Waals surface area (Å²) in [4.78, 5) is 24.6. The van der Waals surface area contributed by atoms with Crippen LogP contribution < -0.4 is 0 Å². The fourth-order valence-electron chi connectivity index (χ4n) is 10.4. The van der Waals surface area contributed by atoms with Crippen molar-refractivity contribution in [2.75, 3.05) is 13.2 Å². The van der Waals surface area contributed by atoms with Gasteiger partial charge in [0.05, 0.1) is 6.61 Å². The predicted octanol–water partition coefficient (Wildman–Crippen LogP) is 23.2. The summed E-state index contributed by atoms with van der Waals surface area (Å²) in [7, 11) is 0. The van der Waals surface area contributed by atoms with Gasteiger partial charge in [-0.15, -0.1) is 0 Å². The van der Waals surface area contributed by atoms with Gasteiger partial charge in [-0.05, 0) is 51.4 Å². The first-order valence-electron chi connectivity index (χ1n) is 33.7. The third kappa shape index (κ3) is 64.3. The van der Waals surface area contributed by atoms with E-state index in [0.29, 0.717) is 12.8 Å². The second kappa shape index (κ2) is 66.1. The number of allylic oxidation sites excluding steroid dienone is 8. The van der Waals surface area contributed by atoms with Crippen molar-refractivity contribution in [3.8, 4) is 0 Å². The molecule has 0 aliphatic heterocycles. The molecule has 5 nitrogen and oxygen atoms in total. The zero-order chi connectivity index (χ0) is 54.1. The van der Waals surface area contributed by atoms with E-state index in [1.807, 2.05) is 0 Å². The van der Waals surface area contributed by atoms with Crippen molar-refractivity contribution in [3.05, 3.63) is 48.6 Å². The maximum Gasteiger partial charge on any atom is 0.306 e. The number of rotatable bonds is 63. The largest absolute Gasteiger partial charge is 0.462 e. The molecule has 0 radical (unpaired) electrons. The number of unbranched alkanes of at least 4 members (excludes halogenated alkanes) is 47. The highest BCUT2D eigenvalue weighted by molar-refractivity contribution is 5.70. The molecule has 1 N–H and O–H groups in total. The lowest BCUT2D eigenvalue weighted by Gasteiger charge is -2.15. The van der Waals surface area contributed by atoms with Crippen LogP contribution in [0.15, 0.2) is 48.6 Å². The molecule has 0 spiro atoms. The van der Waals surface area contributed by atoms with Crippen molar-refractivity contribution in [3.63, 3.8) is 0 Å². The third-order valence-corrected chi connectivity index (χ3v) is 15.4. The van der Waals surface area contributed by atoms with Crippen LogP contribution in [0.25, 0.3) is 0 Å². The number of carbonyl (C=O) groups is 2. The zero-order valence-electron chi connectivity index (χ0n) is 50.6.